The fourth-order valence-electron chi connectivity index (χ4n) is 2.35. The van der Waals surface area contributed by atoms with Gasteiger partial charge < -0.3 is 15.6 Å². The van der Waals surface area contributed by atoms with Gasteiger partial charge in [-0.25, -0.2) is 4.39 Å². The maximum Gasteiger partial charge on any atom is 0.128 e. The average Bonchev–Trinajstić information content (AvgIpc) is 2.59. The Hall–Kier alpha value is -0.490. The van der Waals surface area contributed by atoms with Gasteiger partial charge in [-0.15, -0.1) is 0 Å². The molecule has 1 aliphatic heterocycles. The highest BCUT2D eigenvalue weighted by molar-refractivity contribution is 9.10. The van der Waals surface area contributed by atoms with E-state index in [0.29, 0.717) is 5.56 Å². The lowest BCUT2D eigenvalue weighted by Gasteiger charge is -2.30. The lowest BCUT2D eigenvalue weighted by Crippen LogP contribution is -2.47. The fraction of sp³-hybridized carbons (Fsp3) is 0.500. The minimum absolute atomic E-state index is 0.121. The van der Waals surface area contributed by atoms with E-state index >= 15 is 0 Å². The number of ether oxygens (including phenoxy) is 1. The minimum Gasteiger partial charge on any atom is -0.396 e. The van der Waals surface area contributed by atoms with Crippen LogP contribution >= 0.6 is 15.9 Å². The van der Waals surface area contributed by atoms with Crippen molar-refractivity contribution in [1.29, 1.82) is 0 Å². The SMILES string of the molecule is C[C@H]1OC[C@@](N)(c2cc(Br)ccc2F)[C@@H]1CO. The largest absolute Gasteiger partial charge is 0.396 e. The highest BCUT2D eigenvalue weighted by Crippen LogP contribution is 2.38. The van der Waals surface area contributed by atoms with Crippen molar-refractivity contribution in [3.63, 3.8) is 0 Å². The first-order valence-electron chi connectivity index (χ1n) is 5.46. The van der Waals surface area contributed by atoms with Crippen LogP contribution in [0, 0.1) is 11.7 Å². The van der Waals surface area contributed by atoms with Crippen LogP contribution in [0.2, 0.25) is 0 Å². The fourth-order valence-corrected chi connectivity index (χ4v) is 2.72. The molecule has 0 saturated carbocycles. The summed E-state index contributed by atoms with van der Waals surface area (Å²) in [6.07, 6.45) is -0.177. The van der Waals surface area contributed by atoms with Gasteiger partial charge in [0.2, 0.25) is 0 Å². The van der Waals surface area contributed by atoms with Crippen molar-refractivity contribution >= 4 is 15.9 Å². The molecule has 1 aliphatic rings. The quantitative estimate of drug-likeness (QED) is 0.875. The van der Waals surface area contributed by atoms with Crippen molar-refractivity contribution in [3.05, 3.63) is 34.1 Å². The summed E-state index contributed by atoms with van der Waals surface area (Å²) in [5.41, 5.74) is 5.66. The summed E-state index contributed by atoms with van der Waals surface area (Å²) in [7, 11) is 0. The molecule has 1 aromatic rings. The second-order valence-electron chi connectivity index (χ2n) is 4.47. The van der Waals surface area contributed by atoms with E-state index in [2.05, 4.69) is 15.9 Å². The van der Waals surface area contributed by atoms with Crippen molar-refractivity contribution in [2.45, 2.75) is 18.6 Å². The molecular weight excluding hydrogens is 289 g/mol. The third-order valence-corrected chi connectivity index (χ3v) is 3.93. The number of aliphatic hydroxyl groups is 1. The van der Waals surface area contributed by atoms with E-state index in [9.17, 15) is 9.50 Å². The summed E-state index contributed by atoms with van der Waals surface area (Å²) < 4.78 is 20.1. The number of benzene rings is 1. The van der Waals surface area contributed by atoms with E-state index in [0.717, 1.165) is 4.47 Å². The van der Waals surface area contributed by atoms with Gasteiger partial charge in [0.1, 0.15) is 5.82 Å². The zero-order chi connectivity index (χ0) is 12.6. The first kappa shape index (κ1) is 13.0. The second-order valence-corrected chi connectivity index (χ2v) is 5.39. The molecule has 0 aliphatic carbocycles. The number of hydrogen-bond acceptors (Lipinski definition) is 3. The zero-order valence-electron chi connectivity index (χ0n) is 9.49. The highest BCUT2D eigenvalue weighted by Gasteiger charge is 2.47. The van der Waals surface area contributed by atoms with Gasteiger partial charge in [0.15, 0.2) is 0 Å². The zero-order valence-corrected chi connectivity index (χ0v) is 11.1. The molecule has 0 radical (unpaired) electrons. The lowest BCUT2D eigenvalue weighted by molar-refractivity contribution is 0.0861. The molecule has 1 saturated heterocycles. The van der Waals surface area contributed by atoms with Crippen molar-refractivity contribution in [3.8, 4) is 0 Å². The molecule has 1 fully saturated rings. The molecule has 94 valence electrons. The van der Waals surface area contributed by atoms with E-state index in [4.69, 9.17) is 10.5 Å². The van der Waals surface area contributed by atoms with Crippen LogP contribution in [0.3, 0.4) is 0 Å². The standard InChI is InChI=1S/C12H15BrFNO2/c1-7-10(5-16)12(15,6-17-7)9-4-8(13)2-3-11(9)14/h2-4,7,10,16H,5-6,15H2,1H3/t7-,10-,12-/m1/s1. The molecule has 0 bridgehead atoms. The summed E-state index contributed by atoms with van der Waals surface area (Å²) in [5, 5.41) is 9.40. The summed E-state index contributed by atoms with van der Waals surface area (Å²) in [6, 6.07) is 4.64. The Labute approximate surface area is 108 Å². The number of aliphatic hydroxyl groups excluding tert-OH is 1. The van der Waals surface area contributed by atoms with Crippen LogP contribution < -0.4 is 5.73 Å². The van der Waals surface area contributed by atoms with E-state index in [-0.39, 0.29) is 31.1 Å². The van der Waals surface area contributed by atoms with Gasteiger partial charge in [-0.2, -0.15) is 0 Å². The van der Waals surface area contributed by atoms with Gasteiger partial charge in [-0.3, -0.25) is 0 Å². The third-order valence-electron chi connectivity index (χ3n) is 3.44. The maximum absolute atomic E-state index is 13.9. The molecule has 3 N–H and O–H groups in total. The van der Waals surface area contributed by atoms with Gasteiger partial charge in [0, 0.05) is 16.0 Å². The highest BCUT2D eigenvalue weighted by atomic mass is 79.9. The molecule has 0 amide bonds. The Bertz CT molecular complexity index is 429. The lowest BCUT2D eigenvalue weighted by atomic mass is 9.79. The van der Waals surface area contributed by atoms with E-state index in [1.165, 1.54) is 6.07 Å². The number of rotatable bonds is 2. The molecule has 17 heavy (non-hydrogen) atoms. The topological polar surface area (TPSA) is 55.5 Å². The Balaban J connectivity index is 2.47. The van der Waals surface area contributed by atoms with Crippen LogP contribution in [0.25, 0.3) is 0 Å². The summed E-state index contributed by atoms with van der Waals surface area (Å²) in [4.78, 5) is 0. The van der Waals surface area contributed by atoms with Crippen molar-refractivity contribution < 1.29 is 14.2 Å². The predicted octanol–water partition coefficient (Wildman–Crippen LogP) is 1.77. The normalized spacial score (nSPS) is 33.0. The molecule has 5 heteroatoms. The van der Waals surface area contributed by atoms with Gasteiger partial charge >= 0.3 is 0 Å². The molecule has 3 nitrogen and oxygen atoms in total. The van der Waals surface area contributed by atoms with Crippen LogP contribution in [0.4, 0.5) is 4.39 Å². The molecule has 0 spiro atoms. The van der Waals surface area contributed by atoms with Gasteiger partial charge in [-0.05, 0) is 25.1 Å². The van der Waals surface area contributed by atoms with Gasteiger partial charge in [0.05, 0.1) is 24.9 Å². The van der Waals surface area contributed by atoms with Crippen LogP contribution in [0.5, 0.6) is 0 Å². The van der Waals surface area contributed by atoms with Gasteiger partial charge in [0.25, 0.3) is 0 Å². The average molecular weight is 304 g/mol. The number of halogens is 2. The minimum atomic E-state index is -0.970. The second kappa shape index (κ2) is 4.65. The van der Waals surface area contributed by atoms with Crippen molar-refractivity contribution in [2.75, 3.05) is 13.2 Å². The predicted molar refractivity (Wildman–Crippen MR) is 66.0 cm³/mol. The third kappa shape index (κ3) is 2.12. The molecule has 3 atom stereocenters. The summed E-state index contributed by atoms with van der Waals surface area (Å²) in [6.45, 7) is 1.93. The molecular formula is C12H15BrFNO2. The number of hydrogen-bond donors (Lipinski definition) is 2. The maximum atomic E-state index is 13.9. The van der Waals surface area contributed by atoms with Crippen LogP contribution in [0.1, 0.15) is 12.5 Å². The first-order chi connectivity index (χ1) is 7.99. The van der Waals surface area contributed by atoms with Crippen LogP contribution in [-0.4, -0.2) is 24.4 Å². The Morgan fingerprint density at radius 3 is 3.00 bits per heavy atom. The Morgan fingerprint density at radius 1 is 1.65 bits per heavy atom. The van der Waals surface area contributed by atoms with E-state index in [1.54, 1.807) is 12.1 Å². The molecule has 2 rings (SSSR count). The van der Waals surface area contributed by atoms with Crippen LogP contribution in [-0.2, 0) is 10.3 Å². The first-order valence-corrected chi connectivity index (χ1v) is 6.25. The van der Waals surface area contributed by atoms with E-state index < -0.39 is 5.54 Å². The van der Waals surface area contributed by atoms with Gasteiger partial charge in [-0.1, -0.05) is 15.9 Å². The summed E-state index contributed by atoms with van der Waals surface area (Å²) in [5.74, 6) is -0.668. The van der Waals surface area contributed by atoms with Crippen molar-refractivity contribution in [1.82, 2.24) is 0 Å². The molecule has 1 aromatic carbocycles. The molecule has 0 unspecified atom stereocenters. The van der Waals surface area contributed by atoms with Crippen molar-refractivity contribution in [2.24, 2.45) is 11.7 Å². The Morgan fingerprint density at radius 2 is 2.35 bits per heavy atom. The smallest absolute Gasteiger partial charge is 0.128 e. The van der Waals surface area contributed by atoms with E-state index in [1.807, 2.05) is 6.92 Å². The number of nitrogens with two attached hydrogens (primary N) is 1. The Kier molecular flexibility index (Phi) is 3.54. The summed E-state index contributed by atoms with van der Waals surface area (Å²) >= 11 is 3.30. The van der Waals surface area contributed by atoms with Crippen LogP contribution in [0.15, 0.2) is 22.7 Å². The monoisotopic (exact) mass is 303 g/mol. The molecule has 0 aromatic heterocycles. The molecule has 1 heterocycles.